The third kappa shape index (κ3) is 5.02. The van der Waals surface area contributed by atoms with Gasteiger partial charge < -0.3 is 20.7 Å². The summed E-state index contributed by atoms with van der Waals surface area (Å²) in [5, 5.41) is 8.80. The van der Waals surface area contributed by atoms with Crippen molar-refractivity contribution >= 4 is 50.4 Å². The first-order chi connectivity index (χ1) is 16.0. The number of halogens is 1. The van der Waals surface area contributed by atoms with Crippen molar-refractivity contribution in [3.63, 3.8) is 0 Å². The van der Waals surface area contributed by atoms with Crippen LogP contribution < -0.4 is 16.0 Å². The molecule has 1 heterocycles. The molecule has 6 nitrogen and oxygen atoms in total. The fourth-order valence-corrected chi connectivity index (χ4v) is 4.58. The van der Waals surface area contributed by atoms with Gasteiger partial charge in [0.05, 0.1) is 11.5 Å². The van der Waals surface area contributed by atoms with Crippen LogP contribution in [0.2, 0.25) is 0 Å². The number of fused-ring (bicyclic) bond motifs is 1. The van der Waals surface area contributed by atoms with E-state index in [1.165, 1.54) is 24.5 Å². The Labute approximate surface area is 194 Å². The zero-order valence-electron chi connectivity index (χ0n) is 18.1. The first kappa shape index (κ1) is 22.4. The molecule has 0 radical (unpaired) electrons. The molecule has 3 N–H and O–H groups in total. The Kier molecular flexibility index (Phi) is 6.67. The maximum absolute atomic E-state index is 14.4. The Hall–Kier alpha value is -3.75. The molecule has 0 spiro atoms. The van der Waals surface area contributed by atoms with Gasteiger partial charge in [-0.15, -0.1) is 11.3 Å². The molecule has 0 fully saturated rings. The molecule has 3 amide bonds. The summed E-state index contributed by atoms with van der Waals surface area (Å²) in [6.07, 6.45) is 0. The molecule has 8 heteroatoms. The summed E-state index contributed by atoms with van der Waals surface area (Å²) < 4.78 is 20.4. The van der Waals surface area contributed by atoms with Gasteiger partial charge in [0.2, 0.25) is 0 Å². The maximum atomic E-state index is 14.4. The number of ether oxygens (including phenoxy) is 1. The molecule has 33 heavy (non-hydrogen) atoms. The number of methoxy groups -OCH3 is 1. The minimum Gasteiger partial charge on any atom is -0.380 e. The Balaban J connectivity index is 1.56. The number of rotatable bonds is 6. The van der Waals surface area contributed by atoms with Gasteiger partial charge in [-0.1, -0.05) is 30.3 Å². The van der Waals surface area contributed by atoms with E-state index in [2.05, 4.69) is 16.0 Å². The maximum Gasteiger partial charge on any atom is 0.323 e. The van der Waals surface area contributed by atoms with Crippen LogP contribution in [0.5, 0.6) is 0 Å². The number of urea groups is 1. The number of nitrogens with one attached hydrogen (secondary N) is 3. The van der Waals surface area contributed by atoms with E-state index in [0.717, 1.165) is 5.56 Å². The number of anilines is 3. The van der Waals surface area contributed by atoms with Crippen LogP contribution >= 0.6 is 11.3 Å². The molecule has 0 aliphatic heterocycles. The fourth-order valence-electron chi connectivity index (χ4n) is 3.46. The first-order valence-corrected chi connectivity index (χ1v) is 11.0. The number of thiophene rings is 1. The fraction of sp³-hybridized carbons (Fsp3) is 0.120. The Morgan fingerprint density at radius 1 is 0.939 bits per heavy atom. The summed E-state index contributed by atoms with van der Waals surface area (Å²) >= 11 is 1.22. The lowest BCUT2D eigenvalue weighted by molar-refractivity contribution is 0.102. The SMILES string of the molecule is COCc1c(C(=O)Nc2cc(NC(=O)Nc3ccccc3)ccc2C)sc2cccc(F)c12. The topological polar surface area (TPSA) is 79.5 Å². The highest BCUT2D eigenvalue weighted by atomic mass is 32.1. The summed E-state index contributed by atoms with van der Waals surface area (Å²) in [5.74, 6) is -0.752. The van der Waals surface area contributed by atoms with Gasteiger partial charge in [0, 0.05) is 39.8 Å². The van der Waals surface area contributed by atoms with E-state index >= 15 is 0 Å². The second kappa shape index (κ2) is 9.81. The molecule has 0 aliphatic rings. The highest BCUT2D eigenvalue weighted by Crippen LogP contribution is 2.34. The lowest BCUT2D eigenvalue weighted by atomic mass is 10.1. The smallest absolute Gasteiger partial charge is 0.323 e. The van der Waals surface area contributed by atoms with Crippen LogP contribution in [0.1, 0.15) is 20.8 Å². The number of hydrogen-bond donors (Lipinski definition) is 3. The highest BCUT2D eigenvalue weighted by Gasteiger charge is 2.21. The minimum atomic E-state index is -0.398. The van der Waals surface area contributed by atoms with Crippen LogP contribution in [0.3, 0.4) is 0 Å². The van der Waals surface area contributed by atoms with E-state index in [4.69, 9.17) is 4.74 Å². The minimum absolute atomic E-state index is 0.115. The van der Waals surface area contributed by atoms with Crippen molar-refractivity contribution in [1.82, 2.24) is 0 Å². The molecule has 0 saturated heterocycles. The first-order valence-electron chi connectivity index (χ1n) is 10.2. The predicted octanol–water partition coefficient (Wildman–Crippen LogP) is 6.39. The van der Waals surface area contributed by atoms with Gasteiger partial charge in [-0.05, 0) is 48.9 Å². The van der Waals surface area contributed by atoms with Gasteiger partial charge in [-0.2, -0.15) is 0 Å². The molecule has 0 aliphatic carbocycles. The average molecular weight is 464 g/mol. The van der Waals surface area contributed by atoms with E-state index in [9.17, 15) is 14.0 Å². The standard InChI is InChI=1S/C25H22FN3O3S/c1-15-11-12-17(28-25(31)27-16-7-4-3-5-8-16)13-20(15)29-24(30)23-18(14-32-2)22-19(26)9-6-10-21(22)33-23/h3-13H,14H2,1-2H3,(H,29,30)(H2,27,28,31). The Bertz CT molecular complexity index is 1320. The number of hydrogen-bond acceptors (Lipinski definition) is 4. The molecule has 0 saturated carbocycles. The van der Waals surface area contributed by atoms with E-state index in [-0.39, 0.29) is 18.3 Å². The third-order valence-corrected chi connectivity index (χ3v) is 6.23. The van der Waals surface area contributed by atoms with Crippen LogP contribution in [0.4, 0.5) is 26.2 Å². The second-order valence-corrected chi connectivity index (χ2v) is 8.44. The van der Waals surface area contributed by atoms with E-state index in [0.29, 0.717) is 37.6 Å². The van der Waals surface area contributed by atoms with E-state index in [1.54, 1.807) is 42.5 Å². The van der Waals surface area contributed by atoms with Crippen LogP contribution in [-0.4, -0.2) is 19.0 Å². The van der Waals surface area contributed by atoms with E-state index < -0.39 is 6.03 Å². The van der Waals surface area contributed by atoms with Gasteiger partial charge in [-0.25, -0.2) is 9.18 Å². The molecule has 0 bridgehead atoms. The van der Waals surface area contributed by atoms with Crippen molar-refractivity contribution < 1.29 is 18.7 Å². The quantitative estimate of drug-likeness (QED) is 0.310. The molecule has 0 unspecified atom stereocenters. The number of carbonyl (C=O) groups is 2. The number of aryl methyl sites for hydroxylation is 1. The van der Waals surface area contributed by atoms with Gasteiger partial charge in [0.1, 0.15) is 5.82 Å². The third-order valence-electron chi connectivity index (χ3n) is 5.03. The monoisotopic (exact) mass is 463 g/mol. The highest BCUT2D eigenvalue weighted by molar-refractivity contribution is 7.21. The second-order valence-electron chi connectivity index (χ2n) is 7.38. The summed E-state index contributed by atoms with van der Waals surface area (Å²) in [5.41, 5.74) is 3.06. The molecule has 168 valence electrons. The molecule has 3 aromatic carbocycles. The largest absolute Gasteiger partial charge is 0.380 e. The molecule has 1 aromatic heterocycles. The number of carbonyl (C=O) groups excluding carboxylic acids is 2. The van der Waals surface area contributed by atoms with Crippen LogP contribution in [0, 0.1) is 12.7 Å². The van der Waals surface area contributed by atoms with Gasteiger partial charge in [0.15, 0.2) is 0 Å². The molecular weight excluding hydrogens is 441 g/mol. The lowest BCUT2D eigenvalue weighted by Crippen LogP contribution is -2.19. The molecule has 0 atom stereocenters. The van der Waals surface area contributed by atoms with Crippen LogP contribution in [0.15, 0.2) is 66.7 Å². The Morgan fingerprint density at radius 2 is 1.70 bits per heavy atom. The van der Waals surface area contributed by atoms with Gasteiger partial charge in [0.25, 0.3) is 5.91 Å². The van der Waals surface area contributed by atoms with Crippen molar-refractivity contribution in [3.8, 4) is 0 Å². The van der Waals surface area contributed by atoms with E-state index in [1.807, 2.05) is 25.1 Å². The normalized spacial score (nSPS) is 10.8. The van der Waals surface area contributed by atoms with Crippen LogP contribution in [0.25, 0.3) is 10.1 Å². The molecular formula is C25H22FN3O3S. The number of amides is 3. The number of benzene rings is 3. The summed E-state index contributed by atoms with van der Waals surface area (Å²) in [7, 11) is 1.51. The Morgan fingerprint density at radius 3 is 2.45 bits per heavy atom. The van der Waals surface area contributed by atoms with Crippen LogP contribution in [-0.2, 0) is 11.3 Å². The summed E-state index contributed by atoms with van der Waals surface area (Å²) in [6, 6.07) is 18.7. The van der Waals surface area contributed by atoms with Gasteiger partial charge in [-0.3, -0.25) is 4.79 Å². The molecule has 4 aromatic rings. The summed E-state index contributed by atoms with van der Waals surface area (Å²) in [4.78, 5) is 25.8. The zero-order chi connectivity index (χ0) is 23.4. The van der Waals surface area contributed by atoms with Crippen molar-refractivity contribution in [1.29, 1.82) is 0 Å². The zero-order valence-corrected chi connectivity index (χ0v) is 18.9. The van der Waals surface area contributed by atoms with Crippen molar-refractivity contribution in [3.05, 3.63) is 88.6 Å². The average Bonchev–Trinajstić information content (AvgIpc) is 3.17. The molecule has 4 rings (SSSR count). The number of para-hydroxylation sites is 1. The summed E-state index contributed by atoms with van der Waals surface area (Å²) in [6.45, 7) is 1.97. The lowest BCUT2D eigenvalue weighted by Gasteiger charge is -2.12. The van der Waals surface area contributed by atoms with Crippen molar-refractivity contribution in [2.45, 2.75) is 13.5 Å². The predicted molar refractivity (Wildman–Crippen MR) is 131 cm³/mol. The van der Waals surface area contributed by atoms with Crippen molar-refractivity contribution in [2.24, 2.45) is 0 Å². The van der Waals surface area contributed by atoms with Gasteiger partial charge >= 0.3 is 6.03 Å². The van der Waals surface area contributed by atoms with Crippen molar-refractivity contribution in [2.75, 3.05) is 23.1 Å².